The van der Waals surface area contributed by atoms with E-state index in [-0.39, 0.29) is 0 Å². The van der Waals surface area contributed by atoms with Crippen molar-refractivity contribution in [1.82, 2.24) is 4.98 Å². The van der Waals surface area contributed by atoms with Crippen molar-refractivity contribution >= 4 is 5.69 Å². The van der Waals surface area contributed by atoms with Gasteiger partial charge in [0.2, 0.25) is 0 Å². The molecule has 2 rings (SSSR count). The van der Waals surface area contributed by atoms with E-state index in [1.807, 2.05) is 0 Å². The molecule has 1 heterocycles. The molecule has 0 bridgehead atoms. The van der Waals surface area contributed by atoms with E-state index in [9.17, 15) is 0 Å². The molecule has 72 valence electrons. The molecular formula is C11H13N3. The van der Waals surface area contributed by atoms with Crippen molar-refractivity contribution in [2.75, 3.05) is 11.4 Å². The van der Waals surface area contributed by atoms with Crippen molar-refractivity contribution in [2.24, 2.45) is 0 Å². The number of anilines is 1. The molecule has 0 radical (unpaired) electrons. The predicted molar refractivity (Wildman–Crippen MR) is 55.0 cm³/mol. The smallest absolute Gasteiger partial charge is 0.101 e. The van der Waals surface area contributed by atoms with E-state index in [4.69, 9.17) is 5.26 Å². The van der Waals surface area contributed by atoms with Crippen LogP contribution < -0.4 is 4.90 Å². The minimum absolute atomic E-state index is 0.635. The standard InChI is InChI=1S/C11H13N3/c1-2-14(10-3-4-10)11-8-13-6-5-9(11)7-12/h5-6,8,10H,2-4H2,1H3. The maximum Gasteiger partial charge on any atom is 0.101 e. The summed E-state index contributed by atoms with van der Waals surface area (Å²) in [5, 5.41) is 8.96. The molecule has 0 N–H and O–H groups in total. The van der Waals surface area contributed by atoms with Gasteiger partial charge in [-0.3, -0.25) is 4.98 Å². The van der Waals surface area contributed by atoms with E-state index in [1.165, 1.54) is 12.8 Å². The molecule has 0 saturated heterocycles. The molecule has 0 aliphatic heterocycles. The third-order valence-electron chi connectivity index (χ3n) is 2.56. The average Bonchev–Trinajstić information content (AvgIpc) is 3.04. The monoisotopic (exact) mass is 187 g/mol. The SMILES string of the molecule is CCN(c1cnccc1C#N)C1CC1. The first kappa shape index (κ1) is 9.01. The van der Waals surface area contributed by atoms with E-state index >= 15 is 0 Å². The minimum Gasteiger partial charge on any atom is -0.367 e. The third kappa shape index (κ3) is 1.56. The Bertz CT molecular complexity index is 363. The summed E-state index contributed by atoms with van der Waals surface area (Å²) in [4.78, 5) is 6.35. The van der Waals surface area contributed by atoms with Gasteiger partial charge in [0.25, 0.3) is 0 Å². The Morgan fingerprint density at radius 3 is 3.00 bits per heavy atom. The van der Waals surface area contributed by atoms with Gasteiger partial charge in [0, 0.05) is 18.8 Å². The van der Waals surface area contributed by atoms with E-state index < -0.39 is 0 Å². The highest BCUT2D eigenvalue weighted by Gasteiger charge is 2.29. The number of hydrogen-bond acceptors (Lipinski definition) is 3. The quantitative estimate of drug-likeness (QED) is 0.726. The molecule has 1 aliphatic rings. The van der Waals surface area contributed by atoms with Crippen LogP contribution in [-0.4, -0.2) is 17.6 Å². The third-order valence-corrected chi connectivity index (χ3v) is 2.56. The fourth-order valence-corrected chi connectivity index (χ4v) is 1.72. The second-order valence-electron chi connectivity index (χ2n) is 3.52. The summed E-state index contributed by atoms with van der Waals surface area (Å²) in [6.45, 7) is 3.07. The predicted octanol–water partition coefficient (Wildman–Crippen LogP) is 1.94. The van der Waals surface area contributed by atoms with Crippen molar-refractivity contribution in [3.8, 4) is 6.07 Å². The van der Waals surface area contributed by atoms with Crippen molar-refractivity contribution in [3.63, 3.8) is 0 Å². The number of pyridine rings is 1. The van der Waals surface area contributed by atoms with Gasteiger partial charge in [-0.15, -0.1) is 0 Å². The fourth-order valence-electron chi connectivity index (χ4n) is 1.72. The van der Waals surface area contributed by atoms with Crippen LogP contribution in [0.1, 0.15) is 25.3 Å². The van der Waals surface area contributed by atoms with Crippen LogP contribution in [0.15, 0.2) is 18.5 Å². The molecule has 1 aromatic heterocycles. The molecule has 0 aromatic carbocycles. The Balaban J connectivity index is 2.33. The number of aromatic nitrogens is 1. The van der Waals surface area contributed by atoms with Crippen molar-refractivity contribution in [2.45, 2.75) is 25.8 Å². The van der Waals surface area contributed by atoms with E-state index in [2.05, 4.69) is 22.9 Å². The lowest BCUT2D eigenvalue weighted by molar-refractivity contribution is 0.821. The van der Waals surface area contributed by atoms with Gasteiger partial charge < -0.3 is 4.90 Å². The van der Waals surface area contributed by atoms with Crippen LogP contribution in [0.25, 0.3) is 0 Å². The van der Waals surface area contributed by atoms with Crippen LogP contribution in [0.4, 0.5) is 5.69 Å². The Morgan fingerprint density at radius 2 is 2.43 bits per heavy atom. The molecule has 0 spiro atoms. The molecule has 0 amide bonds. The normalized spacial score (nSPS) is 14.9. The second-order valence-corrected chi connectivity index (χ2v) is 3.52. The van der Waals surface area contributed by atoms with Crippen molar-refractivity contribution in [1.29, 1.82) is 5.26 Å². The van der Waals surface area contributed by atoms with Gasteiger partial charge in [-0.2, -0.15) is 5.26 Å². The number of rotatable bonds is 3. The molecule has 1 saturated carbocycles. The first-order valence-electron chi connectivity index (χ1n) is 4.97. The summed E-state index contributed by atoms with van der Waals surface area (Å²) in [5.74, 6) is 0. The van der Waals surface area contributed by atoms with E-state index in [0.29, 0.717) is 6.04 Å². The summed E-state index contributed by atoms with van der Waals surface area (Å²) >= 11 is 0. The lowest BCUT2D eigenvalue weighted by Gasteiger charge is -2.22. The van der Waals surface area contributed by atoms with Gasteiger partial charge in [0.1, 0.15) is 6.07 Å². The van der Waals surface area contributed by atoms with Gasteiger partial charge in [0.15, 0.2) is 0 Å². The topological polar surface area (TPSA) is 39.9 Å². The van der Waals surface area contributed by atoms with E-state index in [0.717, 1.165) is 17.8 Å². The maximum atomic E-state index is 8.96. The average molecular weight is 187 g/mol. The molecule has 1 aliphatic carbocycles. The summed E-state index contributed by atoms with van der Waals surface area (Å²) < 4.78 is 0. The number of hydrogen-bond donors (Lipinski definition) is 0. The fraction of sp³-hybridized carbons (Fsp3) is 0.455. The molecule has 1 aromatic rings. The molecule has 0 atom stereocenters. The zero-order valence-electron chi connectivity index (χ0n) is 8.27. The number of nitrogens with zero attached hydrogens (tertiary/aromatic N) is 3. The Hall–Kier alpha value is -1.56. The largest absolute Gasteiger partial charge is 0.367 e. The highest BCUT2D eigenvalue weighted by Crippen LogP contribution is 2.32. The summed E-state index contributed by atoms with van der Waals surface area (Å²) in [6, 6.07) is 4.62. The zero-order valence-corrected chi connectivity index (χ0v) is 8.27. The van der Waals surface area contributed by atoms with Crippen LogP contribution in [0.2, 0.25) is 0 Å². The lowest BCUT2D eigenvalue weighted by atomic mass is 10.2. The van der Waals surface area contributed by atoms with Crippen LogP contribution in [-0.2, 0) is 0 Å². The summed E-state index contributed by atoms with van der Waals surface area (Å²) in [5.41, 5.74) is 1.72. The van der Waals surface area contributed by atoms with E-state index in [1.54, 1.807) is 18.5 Å². The number of nitriles is 1. The Labute approximate surface area is 84.0 Å². The lowest BCUT2D eigenvalue weighted by Crippen LogP contribution is -2.25. The van der Waals surface area contributed by atoms with Gasteiger partial charge in [0.05, 0.1) is 17.4 Å². The minimum atomic E-state index is 0.635. The molecule has 3 heteroatoms. The van der Waals surface area contributed by atoms with Crippen LogP contribution >= 0.6 is 0 Å². The van der Waals surface area contributed by atoms with Gasteiger partial charge in [-0.25, -0.2) is 0 Å². The first-order chi connectivity index (χ1) is 6.86. The molecule has 3 nitrogen and oxygen atoms in total. The molecular weight excluding hydrogens is 174 g/mol. The van der Waals surface area contributed by atoms with Crippen LogP contribution in [0.5, 0.6) is 0 Å². The second kappa shape index (κ2) is 3.67. The van der Waals surface area contributed by atoms with Gasteiger partial charge in [-0.1, -0.05) is 0 Å². The summed E-state index contributed by atoms with van der Waals surface area (Å²) in [6.07, 6.45) is 5.95. The zero-order chi connectivity index (χ0) is 9.97. The Kier molecular flexibility index (Phi) is 2.36. The first-order valence-corrected chi connectivity index (χ1v) is 4.97. The maximum absolute atomic E-state index is 8.96. The van der Waals surface area contributed by atoms with Crippen molar-refractivity contribution < 1.29 is 0 Å². The molecule has 0 unspecified atom stereocenters. The Morgan fingerprint density at radius 1 is 1.64 bits per heavy atom. The molecule has 14 heavy (non-hydrogen) atoms. The van der Waals surface area contributed by atoms with Crippen LogP contribution in [0, 0.1) is 11.3 Å². The van der Waals surface area contributed by atoms with Crippen molar-refractivity contribution in [3.05, 3.63) is 24.0 Å². The van der Waals surface area contributed by atoms with Crippen LogP contribution in [0.3, 0.4) is 0 Å². The summed E-state index contributed by atoms with van der Waals surface area (Å²) in [7, 11) is 0. The highest BCUT2D eigenvalue weighted by atomic mass is 15.2. The molecule has 1 fully saturated rings. The van der Waals surface area contributed by atoms with Gasteiger partial charge in [-0.05, 0) is 25.8 Å². The van der Waals surface area contributed by atoms with Gasteiger partial charge >= 0.3 is 0 Å². The highest BCUT2D eigenvalue weighted by molar-refractivity contribution is 5.58.